The Morgan fingerprint density at radius 1 is 1.25 bits per heavy atom. The maximum Gasteiger partial charge on any atom is 0.391 e. The molecule has 6 nitrogen and oxygen atoms in total. The summed E-state index contributed by atoms with van der Waals surface area (Å²) in [7, 11) is -4.44. The van der Waals surface area contributed by atoms with Gasteiger partial charge in [0.15, 0.2) is 11.6 Å². The van der Waals surface area contributed by atoms with Gasteiger partial charge in [-0.15, -0.1) is 0 Å². The van der Waals surface area contributed by atoms with E-state index in [-0.39, 0.29) is 5.50 Å². The van der Waals surface area contributed by atoms with Gasteiger partial charge in [-0.05, 0) is 43.0 Å². The minimum Gasteiger partial charge on any atom is -0.445 e. The smallest absolute Gasteiger partial charge is 0.391 e. The van der Waals surface area contributed by atoms with Crippen molar-refractivity contribution in [2.45, 2.75) is 19.4 Å². The summed E-state index contributed by atoms with van der Waals surface area (Å²) in [4.78, 5) is 23.0. The Hall–Kier alpha value is -1.30. The predicted octanol–water partition coefficient (Wildman–Crippen LogP) is 3.82. The van der Waals surface area contributed by atoms with Crippen molar-refractivity contribution in [1.29, 1.82) is 0 Å². The van der Waals surface area contributed by atoms with Gasteiger partial charge in [-0.3, -0.25) is 4.57 Å². The third-order valence-electron chi connectivity index (χ3n) is 4.03. The van der Waals surface area contributed by atoms with Gasteiger partial charge in [0.2, 0.25) is 5.50 Å². The van der Waals surface area contributed by atoms with Gasteiger partial charge in [-0.2, -0.15) is 0 Å². The fourth-order valence-electron chi connectivity index (χ4n) is 2.66. The monoisotopic (exact) mass is 386 g/mol. The topological polar surface area (TPSA) is 88.5 Å². The number of fused-ring (bicyclic) bond motifs is 1. The summed E-state index contributed by atoms with van der Waals surface area (Å²) in [5, 5.41) is 0.838. The molecule has 3 aromatic rings. The molecule has 1 aromatic carbocycles. The largest absolute Gasteiger partial charge is 0.445 e. The van der Waals surface area contributed by atoms with Crippen LogP contribution >= 0.6 is 30.8 Å². The minimum absolute atomic E-state index is 0.303. The number of benzene rings is 1. The number of furan rings is 1. The molecule has 2 aromatic heterocycles. The van der Waals surface area contributed by atoms with Gasteiger partial charge in [0.1, 0.15) is 0 Å². The Balaban J connectivity index is 1.90. The normalized spacial score (nSPS) is 15.3. The van der Waals surface area contributed by atoms with E-state index in [1.807, 2.05) is 4.57 Å². The summed E-state index contributed by atoms with van der Waals surface area (Å²) in [5.74, 6) is 1.37. The average molecular weight is 387 g/mol. The van der Waals surface area contributed by atoms with Crippen LogP contribution < -0.4 is 5.50 Å². The molecule has 0 saturated heterocycles. The second-order valence-electron chi connectivity index (χ2n) is 5.93. The molecular weight excluding hydrogens is 374 g/mol. The zero-order valence-electron chi connectivity index (χ0n) is 12.3. The van der Waals surface area contributed by atoms with E-state index in [1.54, 1.807) is 12.1 Å². The average Bonchev–Trinajstić information content (AvgIpc) is 3.05. The standard InChI is InChI=1S/C15H13Cl2N2O4P/c16-9-5-11-12(6-10(9)17)19(7-8-1-2-8)15(18-11)13-3-4-14(23-13)24(20,21)22/h3-6,8H,1-2,7H2,(H2,20,21,22). The van der Waals surface area contributed by atoms with E-state index in [0.29, 0.717) is 33.1 Å². The highest BCUT2D eigenvalue weighted by Gasteiger charge is 2.28. The van der Waals surface area contributed by atoms with E-state index in [4.69, 9.17) is 27.6 Å². The van der Waals surface area contributed by atoms with Crippen LogP contribution in [0.15, 0.2) is 28.7 Å². The van der Waals surface area contributed by atoms with Crippen molar-refractivity contribution in [3.05, 3.63) is 34.3 Å². The molecule has 0 spiro atoms. The van der Waals surface area contributed by atoms with Crippen LogP contribution in [-0.2, 0) is 11.1 Å². The second-order valence-corrected chi connectivity index (χ2v) is 8.27. The summed E-state index contributed by atoms with van der Waals surface area (Å²) in [6.07, 6.45) is 2.29. The lowest BCUT2D eigenvalue weighted by Gasteiger charge is -2.07. The molecule has 0 bridgehead atoms. The molecule has 1 fully saturated rings. The lowest BCUT2D eigenvalue weighted by molar-refractivity contribution is 0.377. The molecule has 2 heterocycles. The molecule has 9 heteroatoms. The van der Waals surface area contributed by atoms with E-state index in [1.165, 1.54) is 12.1 Å². The van der Waals surface area contributed by atoms with Crippen LogP contribution in [0.5, 0.6) is 0 Å². The van der Waals surface area contributed by atoms with Crippen LogP contribution in [0.3, 0.4) is 0 Å². The van der Waals surface area contributed by atoms with Crippen LogP contribution in [0.25, 0.3) is 22.6 Å². The zero-order valence-corrected chi connectivity index (χ0v) is 14.7. The number of halogens is 2. The molecule has 4 rings (SSSR count). The Labute approximate surface area is 147 Å². The molecule has 24 heavy (non-hydrogen) atoms. The summed E-state index contributed by atoms with van der Waals surface area (Å²) in [6, 6.07) is 6.23. The SMILES string of the molecule is O=P(O)(O)c1ccc(-c2nc3cc(Cl)c(Cl)cc3n2CC2CC2)o1. The van der Waals surface area contributed by atoms with Gasteiger partial charge < -0.3 is 18.8 Å². The van der Waals surface area contributed by atoms with Crippen LogP contribution in [0.2, 0.25) is 10.0 Å². The van der Waals surface area contributed by atoms with Crippen molar-refractivity contribution in [3.8, 4) is 11.6 Å². The lowest BCUT2D eigenvalue weighted by Crippen LogP contribution is -2.02. The summed E-state index contributed by atoms with van der Waals surface area (Å²) in [5.41, 5.74) is 1.10. The highest BCUT2D eigenvalue weighted by molar-refractivity contribution is 7.59. The van der Waals surface area contributed by atoms with E-state index in [0.717, 1.165) is 24.9 Å². The van der Waals surface area contributed by atoms with Crippen molar-refractivity contribution in [1.82, 2.24) is 9.55 Å². The highest BCUT2D eigenvalue weighted by Crippen LogP contribution is 2.38. The third kappa shape index (κ3) is 2.89. The van der Waals surface area contributed by atoms with Crippen molar-refractivity contribution in [2.24, 2.45) is 5.92 Å². The summed E-state index contributed by atoms with van der Waals surface area (Å²) < 4.78 is 18.7. The second kappa shape index (κ2) is 5.61. The Bertz CT molecular complexity index is 987. The molecule has 0 atom stereocenters. The van der Waals surface area contributed by atoms with Crippen molar-refractivity contribution in [3.63, 3.8) is 0 Å². The van der Waals surface area contributed by atoms with E-state index in [2.05, 4.69) is 4.98 Å². The minimum atomic E-state index is -4.44. The molecule has 0 radical (unpaired) electrons. The number of imidazole rings is 1. The highest BCUT2D eigenvalue weighted by atomic mass is 35.5. The number of aromatic nitrogens is 2. The molecule has 0 aliphatic heterocycles. The molecule has 2 N–H and O–H groups in total. The fraction of sp³-hybridized carbons (Fsp3) is 0.267. The number of rotatable bonds is 4. The first kappa shape index (κ1) is 16.2. The zero-order chi connectivity index (χ0) is 17.1. The maximum absolute atomic E-state index is 11.4. The van der Waals surface area contributed by atoms with Crippen molar-refractivity contribution >= 4 is 47.3 Å². The summed E-state index contributed by atoms with van der Waals surface area (Å²) >= 11 is 12.2. The van der Waals surface area contributed by atoms with E-state index in [9.17, 15) is 14.4 Å². The quantitative estimate of drug-likeness (QED) is 0.665. The van der Waals surface area contributed by atoms with Crippen LogP contribution in [0.1, 0.15) is 12.8 Å². The number of hydrogen-bond donors (Lipinski definition) is 2. The Kier molecular flexibility index (Phi) is 3.79. The molecule has 1 aliphatic rings. The van der Waals surface area contributed by atoms with Gasteiger partial charge in [-0.1, -0.05) is 23.2 Å². The first-order valence-corrected chi connectivity index (χ1v) is 9.71. The maximum atomic E-state index is 11.4. The van der Waals surface area contributed by atoms with Crippen molar-refractivity contribution < 1.29 is 18.8 Å². The Morgan fingerprint density at radius 3 is 2.58 bits per heavy atom. The first-order chi connectivity index (χ1) is 11.3. The fourth-order valence-corrected chi connectivity index (χ4v) is 3.46. The van der Waals surface area contributed by atoms with Gasteiger partial charge in [0, 0.05) is 6.54 Å². The number of hydrogen-bond acceptors (Lipinski definition) is 3. The Morgan fingerprint density at radius 2 is 1.96 bits per heavy atom. The lowest BCUT2D eigenvalue weighted by atomic mass is 10.3. The van der Waals surface area contributed by atoms with Gasteiger partial charge >= 0.3 is 7.60 Å². The molecule has 0 amide bonds. The van der Waals surface area contributed by atoms with Gasteiger partial charge in [0.25, 0.3) is 0 Å². The molecule has 1 saturated carbocycles. The van der Waals surface area contributed by atoms with Crippen LogP contribution in [0, 0.1) is 5.92 Å². The van der Waals surface area contributed by atoms with E-state index >= 15 is 0 Å². The number of nitrogens with zero attached hydrogens (tertiary/aromatic N) is 2. The molecule has 0 unspecified atom stereocenters. The van der Waals surface area contributed by atoms with Gasteiger partial charge in [-0.25, -0.2) is 4.98 Å². The van der Waals surface area contributed by atoms with Crippen LogP contribution in [-0.4, -0.2) is 19.3 Å². The predicted molar refractivity (Wildman–Crippen MR) is 91.9 cm³/mol. The molecule has 1 aliphatic carbocycles. The first-order valence-electron chi connectivity index (χ1n) is 7.34. The third-order valence-corrected chi connectivity index (χ3v) is 5.56. The van der Waals surface area contributed by atoms with Crippen molar-refractivity contribution in [2.75, 3.05) is 0 Å². The molecular formula is C15H13Cl2N2O4P. The van der Waals surface area contributed by atoms with Crippen LogP contribution in [0.4, 0.5) is 0 Å². The summed E-state index contributed by atoms with van der Waals surface area (Å²) in [6.45, 7) is 0.746. The molecule has 126 valence electrons. The van der Waals surface area contributed by atoms with E-state index < -0.39 is 7.60 Å². The van der Waals surface area contributed by atoms with Gasteiger partial charge in [0.05, 0.1) is 21.1 Å².